The molecule has 8 heteroatoms. The largest absolute Gasteiger partial charge is 0.493 e. The molecule has 3 aliphatic rings. The van der Waals surface area contributed by atoms with Crippen molar-refractivity contribution in [3.8, 4) is 23.6 Å². The van der Waals surface area contributed by atoms with E-state index in [2.05, 4.69) is 17.1 Å². The van der Waals surface area contributed by atoms with Crippen molar-refractivity contribution in [2.75, 3.05) is 26.6 Å². The molecule has 128 valence electrons. The molecule has 4 atom stereocenters. The van der Waals surface area contributed by atoms with E-state index in [1.54, 1.807) is 20.3 Å². The molecular formula is C17H17N4O3S+. The van der Waals surface area contributed by atoms with Gasteiger partial charge in [-0.1, -0.05) is 23.9 Å². The van der Waals surface area contributed by atoms with Crippen LogP contribution in [0.4, 0.5) is 0 Å². The highest BCUT2D eigenvalue weighted by Gasteiger charge is 2.96. The SMILES string of the molecule is COc1cccc([C@@H]2[C@@]3(C#N)[C@@]4([NH+]=C(N)[C@@]23C#N)OCCS4)c1OC. The highest BCUT2D eigenvalue weighted by Crippen LogP contribution is 2.81. The second-order valence-electron chi connectivity index (χ2n) is 6.21. The lowest BCUT2D eigenvalue weighted by molar-refractivity contribution is -0.583. The van der Waals surface area contributed by atoms with E-state index in [4.69, 9.17) is 19.9 Å². The summed E-state index contributed by atoms with van der Waals surface area (Å²) in [6, 6.07) is 10.1. The van der Waals surface area contributed by atoms with E-state index in [0.717, 1.165) is 11.3 Å². The minimum absolute atomic E-state index is 0.279. The van der Waals surface area contributed by atoms with E-state index in [9.17, 15) is 10.5 Å². The molecule has 1 saturated heterocycles. The lowest BCUT2D eigenvalue weighted by Crippen LogP contribution is -2.88. The van der Waals surface area contributed by atoms with E-state index in [1.165, 1.54) is 11.8 Å². The number of methoxy groups -OCH3 is 2. The third-order valence-corrected chi connectivity index (χ3v) is 6.76. The quantitative estimate of drug-likeness (QED) is 0.762. The maximum atomic E-state index is 10.2. The Morgan fingerprint density at radius 2 is 2.12 bits per heavy atom. The minimum Gasteiger partial charge on any atom is -0.493 e. The van der Waals surface area contributed by atoms with Crippen molar-refractivity contribution in [1.82, 2.24) is 0 Å². The molecule has 0 unspecified atom stereocenters. The van der Waals surface area contributed by atoms with Crippen LogP contribution in [0.15, 0.2) is 18.2 Å². The fraction of sp³-hybridized carbons (Fsp3) is 0.471. The van der Waals surface area contributed by atoms with Crippen LogP contribution >= 0.6 is 11.8 Å². The molecule has 0 bridgehead atoms. The Kier molecular flexibility index (Phi) is 3.24. The average Bonchev–Trinajstić information content (AvgIpc) is 2.88. The number of para-hydroxylation sites is 1. The molecule has 1 spiro atoms. The summed E-state index contributed by atoms with van der Waals surface area (Å²) in [6.45, 7) is 0.498. The van der Waals surface area contributed by atoms with Gasteiger partial charge in [0.1, 0.15) is 0 Å². The summed E-state index contributed by atoms with van der Waals surface area (Å²) in [5, 5.41) is 19.2. The topological polar surface area (TPSA) is 115 Å². The van der Waals surface area contributed by atoms with Gasteiger partial charge in [-0.3, -0.25) is 5.73 Å². The molecule has 3 N–H and O–H groups in total. The first-order chi connectivity index (χ1) is 12.1. The molecule has 2 fully saturated rings. The van der Waals surface area contributed by atoms with Gasteiger partial charge in [-0.25, -0.2) is 4.99 Å². The number of hydrogen-bond acceptors (Lipinski definition) is 7. The number of rotatable bonds is 3. The summed E-state index contributed by atoms with van der Waals surface area (Å²) >= 11 is 1.49. The number of nitrogens with two attached hydrogens (primary N) is 1. The molecule has 0 aromatic heterocycles. The fourth-order valence-electron chi connectivity index (χ4n) is 4.42. The predicted octanol–water partition coefficient (Wildman–Crippen LogP) is -0.310. The Bertz CT molecular complexity index is 868. The third kappa shape index (κ3) is 1.53. The van der Waals surface area contributed by atoms with Gasteiger partial charge in [0.05, 0.1) is 33.0 Å². The number of amidine groups is 1. The normalized spacial score (nSPS) is 37.8. The predicted molar refractivity (Wildman–Crippen MR) is 89.7 cm³/mol. The van der Waals surface area contributed by atoms with E-state index in [-0.39, 0.29) is 5.84 Å². The minimum atomic E-state index is -1.17. The molecule has 4 rings (SSSR count). The smallest absolute Gasteiger partial charge is 0.277 e. The van der Waals surface area contributed by atoms with E-state index in [0.29, 0.717) is 18.1 Å². The van der Waals surface area contributed by atoms with Crippen LogP contribution in [0.1, 0.15) is 11.5 Å². The monoisotopic (exact) mass is 357 g/mol. The molecule has 0 radical (unpaired) electrons. The van der Waals surface area contributed by atoms with Crippen molar-refractivity contribution in [2.45, 2.75) is 11.0 Å². The zero-order valence-corrected chi connectivity index (χ0v) is 14.6. The lowest BCUT2D eigenvalue weighted by atomic mass is 9.95. The van der Waals surface area contributed by atoms with Crippen LogP contribution in [-0.4, -0.2) is 37.5 Å². The summed E-state index contributed by atoms with van der Waals surface area (Å²) in [6.07, 6.45) is 0. The van der Waals surface area contributed by atoms with Gasteiger partial charge in [0.15, 0.2) is 22.3 Å². The molecule has 7 nitrogen and oxygen atoms in total. The van der Waals surface area contributed by atoms with Crippen molar-refractivity contribution in [3.63, 3.8) is 0 Å². The number of thioether (sulfide) groups is 1. The standard InChI is InChI=1S/C17H16N4O3S/c1-22-11-5-3-4-10(12(11)23-2)13-15(8-18)14(20)21-17(16(13,15)9-19)24-6-7-25-17/h3-5,13H,6-7H2,1-2H3,(H2,20,21)/p+1/t13-,15+,16+,17+/m0/s1. The summed E-state index contributed by atoms with van der Waals surface area (Å²) in [5.41, 5.74) is 4.67. The third-order valence-electron chi connectivity index (χ3n) is 5.44. The first-order valence-corrected chi connectivity index (χ1v) is 8.79. The Labute approximate surface area is 149 Å². The molecule has 25 heavy (non-hydrogen) atoms. The number of ether oxygens (including phenoxy) is 3. The highest BCUT2D eigenvalue weighted by molar-refractivity contribution is 8.00. The number of benzene rings is 1. The van der Waals surface area contributed by atoms with E-state index in [1.807, 2.05) is 12.1 Å². The number of hydrogen-bond donors (Lipinski definition) is 2. The van der Waals surface area contributed by atoms with Crippen LogP contribution in [0.3, 0.4) is 0 Å². The Hall–Kier alpha value is -2.42. The molecule has 2 heterocycles. The Balaban J connectivity index is 1.96. The molecule has 1 saturated carbocycles. The van der Waals surface area contributed by atoms with Gasteiger partial charge < -0.3 is 14.2 Å². The summed E-state index contributed by atoms with van der Waals surface area (Å²) in [5.74, 6) is 1.60. The van der Waals surface area contributed by atoms with Crippen molar-refractivity contribution in [3.05, 3.63) is 23.8 Å². The van der Waals surface area contributed by atoms with Gasteiger partial charge in [0.2, 0.25) is 0 Å². The molecule has 0 amide bonds. The van der Waals surface area contributed by atoms with Gasteiger partial charge in [0.25, 0.3) is 10.9 Å². The zero-order valence-electron chi connectivity index (χ0n) is 13.8. The van der Waals surface area contributed by atoms with Crippen LogP contribution in [-0.2, 0) is 4.74 Å². The fourth-order valence-corrected chi connectivity index (χ4v) is 5.78. The molecule has 1 aromatic carbocycles. The molecule has 1 aromatic rings. The van der Waals surface area contributed by atoms with Crippen molar-refractivity contribution < 1.29 is 19.2 Å². The van der Waals surface area contributed by atoms with Crippen LogP contribution in [0.2, 0.25) is 0 Å². The maximum Gasteiger partial charge on any atom is 0.277 e. The first kappa shape index (κ1) is 16.1. The van der Waals surface area contributed by atoms with Crippen LogP contribution in [0, 0.1) is 33.5 Å². The Morgan fingerprint density at radius 1 is 1.32 bits per heavy atom. The second-order valence-corrected chi connectivity index (χ2v) is 7.48. The number of nitriles is 2. The summed E-state index contributed by atoms with van der Waals surface area (Å²) in [4.78, 5) is 3.10. The molecule has 2 aliphatic heterocycles. The number of fused-ring (bicyclic) bond motifs is 2. The first-order valence-electron chi connectivity index (χ1n) is 7.81. The van der Waals surface area contributed by atoms with E-state index < -0.39 is 21.8 Å². The zero-order chi connectivity index (χ0) is 17.9. The number of nitrogens with one attached hydrogen (secondary N) is 1. The molecule has 1 aliphatic carbocycles. The van der Waals surface area contributed by atoms with Gasteiger partial charge in [0, 0.05) is 17.2 Å². The van der Waals surface area contributed by atoms with Crippen molar-refractivity contribution in [1.29, 1.82) is 10.5 Å². The van der Waals surface area contributed by atoms with Crippen molar-refractivity contribution in [2.24, 2.45) is 16.6 Å². The number of nitrogens with zero attached hydrogens (tertiary/aromatic N) is 2. The van der Waals surface area contributed by atoms with Crippen molar-refractivity contribution >= 4 is 17.6 Å². The lowest BCUT2D eigenvalue weighted by Gasteiger charge is -2.24. The summed E-state index contributed by atoms with van der Waals surface area (Å²) in [7, 11) is 3.09. The van der Waals surface area contributed by atoms with Crippen LogP contribution < -0.4 is 20.2 Å². The van der Waals surface area contributed by atoms with Gasteiger partial charge >= 0.3 is 0 Å². The van der Waals surface area contributed by atoms with Gasteiger partial charge in [-0.05, 0) is 6.07 Å². The maximum absolute atomic E-state index is 10.2. The van der Waals surface area contributed by atoms with E-state index >= 15 is 0 Å². The molecular weight excluding hydrogens is 340 g/mol. The Morgan fingerprint density at radius 3 is 2.68 bits per heavy atom. The average molecular weight is 357 g/mol. The van der Waals surface area contributed by atoms with Gasteiger partial charge in [-0.15, -0.1) is 0 Å². The second kappa shape index (κ2) is 5.04. The van der Waals surface area contributed by atoms with Gasteiger partial charge in [-0.2, -0.15) is 10.5 Å². The van der Waals surface area contributed by atoms with Crippen LogP contribution in [0.25, 0.3) is 0 Å². The van der Waals surface area contributed by atoms with Crippen LogP contribution in [0.5, 0.6) is 11.5 Å². The summed E-state index contributed by atoms with van der Waals surface area (Å²) < 4.78 is 16.8. The highest BCUT2D eigenvalue weighted by atomic mass is 32.2.